The third kappa shape index (κ3) is 3.42. The third-order valence-corrected chi connectivity index (χ3v) is 2.86. The Labute approximate surface area is 127 Å². The molecular weight excluding hydrogens is 318 g/mol. The number of ether oxygens (including phenoxy) is 1. The number of nitro benzene ring substituents is 3. The van der Waals surface area contributed by atoms with Gasteiger partial charge >= 0.3 is 5.97 Å². The minimum Gasteiger partial charge on any atom is -0.468 e. The van der Waals surface area contributed by atoms with Gasteiger partial charge in [-0.15, -0.1) is 0 Å². The predicted octanol–water partition coefficient (Wildman–Crippen LogP) is 1.26. The summed E-state index contributed by atoms with van der Waals surface area (Å²) >= 11 is 0. The zero-order valence-electron chi connectivity index (χ0n) is 11.7. The van der Waals surface area contributed by atoms with Gasteiger partial charge in [0.1, 0.15) is 11.3 Å². The van der Waals surface area contributed by atoms with Gasteiger partial charge in [-0.2, -0.15) is 0 Å². The standard InChI is InChI=1S/C11H9N3O9/c1-5(15)9(11(16)23-2)10-7(13(19)20)3-6(12(17)18)4-8(10)14(21)22/h3-4,9H,1-2H3. The second-order valence-corrected chi connectivity index (χ2v) is 4.24. The number of hydrogen-bond acceptors (Lipinski definition) is 9. The molecule has 0 bridgehead atoms. The van der Waals surface area contributed by atoms with Gasteiger partial charge in [0, 0.05) is 0 Å². The molecule has 0 fully saturated rings. The Balaban J connectivity index is 3.90. The lowest BCUT2D eigenvalue weighted by molar-refractivity contribution is -0.404. The van der Waals surface area contributed by atoms with Crippen molar-refractivity contribution < 1.29 is 29.1 Å². The van der Waals surface area contributed by atoms with Gasteiger partial charge in [0.25, 0.3) is 17.1 Å². The van der Waals surface area contributed by atoms with E-state index in [-0.39, 0.29) is 0 Å². The summed E-state index contributed by atoms with van der Waals surface area (Å²) < 4.78 is 4.34. The Morgan fingerprint density at radius 3 is 1.70 bits per heavy atom. The van der Waals surface area contributed by atoms with E-state index in [2.05, 4.69) is 4.74 Å². The maximum atomic E-state index is 11.7. The molecule has 1 aromatic rings. The highest BCUT2D eigenvalue weighted by Crippen LogP contribution is 2.39. The van der Waals surface area contributed by atoms with Crippen molar-refractivity contribution in [2.75, 3.05) is 7.11 Å². The van der Waals surface area contributed by atoms with Crippen LogP contribution in [0.3, 0.4) is 0 Å². The SMILES string of the molecule is COC(=O)C(C(C)=O)c1c([N+](=O)[O-])cc([N+](=O)[O-])cc1[N+](=O)[O-]. The molecule has 0 aliphatic heterocycles. The lowest BCUT2D eigenvalue weighted by atomic mass is 9.92. The number of benzene rings is 1. The molecule has 0 saturated carbocycles. The molecule has 0 aliphatic rings. The van der Waals surface area contributed by atoms with E-state index in [9.17, 15) is 39.9 Å². The molecule has 122 valence electrons. The highest BCUT2D eigenvalue weighted by atomic mass is 16.6. The molecule has 0 radical (unpaired) electrons. The number of esters is 1. The number of non-ortho nitro benzene ring substituents is 1. The first-order valence-electron chi connectivity index (χ1n) is 5.81. The number of carbonyl (C=O) groups is 2. The fraction of sp³-hybridized carbons (Fsp3) is 0.273. The first-order chi connectivity index (χ1) is 10.6. The van der Waals surface area contributed by atoms with Gasteiger partial charge in [-0.3, -0.25) is 39.9 Å². The molecule has 0 heterocycles. The van der Waals surface area contributed by atoms with Crippen molar-refractivity contribution >= 4 is 28.8 Å². The zero-order valence-corrected chi connectivity index (χ0v) is 11.7. The zero-order chi connectivity index (χ0) is 17.9. The van der Waals surface area contributed by atoms with Crippen molar-refractivity contribution in [3.05, 3.63) is 48.0 Å². The Bertz CT molecular complexity index is 692. The number of rotatable bonds is 6. The molecule has 1 aromatic carbocycles. The van der Waals surface area contributed by atoms with Gasteiger partial charge in [-0.05, 0) is 6.92 Å². The molecule has 0 spiro atoms. The van der Waals surface area contributed by atoms with Gasteiger partial charge in [-0.1, -0.05) is 0 Å². The van der Waals surface area contributed by atoms with E-state index in [0.717, 1.165) is 14.0 Å². The highest BCUT2D eigenvalue weighted by molar-refractivity contribution is 6.05. The molecule has 12 nitrogen and oxygen atoms in total. The number of ketones is 1. The molecular formula is C11H9N3O9. The summed E-state index contributed by atoms with van der Waals surface area (Å²) in [5, 5.41) is 33.0. The van der Waals surface area contributed by atoms with Gasteiger partial charge in [0.05, 0.1) is 34.0 Å². The Kier molecular flexibility index (Phi) is 5.02. The summed E-state index contributed by atoms with van der Waals surface area (Å²) in [7, 11) is 0.890. The van der Waals surface area contributed by atoms with Gasteiger partial charge in [0.15, 0.2) is 5.92 Å². The molecule has 0 saturated heterocycles. The van der Waals surface area contributed by atoms with Crippen molar-refractivity contribution in [3.8, 4) is 0 Å². The Hall–Kier alpha value is -3.44. The van der Waals surface area contributed by atoms with E-state index in [4.69, 9.17) is 0 Å². The van der Waals surface area contributed by atoms with Crippen molar-refractivity contribution in [3.63, 3.8) is 0 Å². The number of nitro groups is 3. The number of hydrogen-bond donors (Lipinski definition) is 0. The van der Waals surface area contributed by atoms with Crippen LogP contribution in [0.25, 0.3) is 0 Å². The maximum Gasteiger partial charge on any atom is 0.321 e. The quantitative estimate of drug-likeness (QED) is 0.322. The normalized spacial score (nSPS) is 11.4. The van der Waals surface area contributed by atoms with E-state index in [0.29, 0.717) is 12.1 Å². The molecule has 23 heavy (non-hydrogen) atoms. The van der Waals surface area contributed by atoms with Crippen LogP contribution in [0.2, 0.25) is 0 Å². The monoisotopic (exact) mass is 327 g/mol. The Morgan fingerprint density at radius 1 is 1.00 bits per heavy atom. The topological polar surface area (TPSA) is 173 Å². The van der Waals surface area contributed by atoms with E-state index in [1.807, 2.05) is 0 Å². The van der Waals surface area contributed by atoms with Crippen molar-refractivity contribution in [2.24, 2.45) is 0 Å². The summed E-state index contributed by atoms with van der Waals surface area (Å²) in [5.74, 6) is -4.14. The number of methoxy groups -OCH3 is 1. The number of Topliss-reactive ketones (excluding diaryl/α,β-unsaturated/α-hetero) is 1. The van der Waals surface area contributed by atoms with Gasteiger partial charge in [0.2, 0.25) is 0 Å². The predicted molar refractivity (Wildman–Crippen MR) is 71.8 cm³/mol. The molecule has 0 aliphatic carbocycles. The molecule has 1 unspecified atom stereocenters. The van der Waals surface area contributed by atoms with E-state index in [1.54, 1.807) is 0 Å². The van der Waals surface area contributed by atoms with Crippen LogP contribution in [0.1, 0.15) is 18.4 Å². The van der Waals surface area contributed by atoms with Crippen LogP contribution in [0.4, 0.5) is 17.1 Å². The smallest absolute Gasteiger partial charge is 0.321 e. The third-order valence-electron chi connectivity index (χ3n) is 2.86. The van der Waals surface area contributed by atoms with Crippen molar-refractivity contribution in [1.29, 1.82) is 0 Å². The summed E-state index contributed by atoms with van der Waals surface area (Å²) in [6.45, 7) is 0.885. The molecule has 1 rings (SSSR count). The Morgan fingerprint density at radius 2 is 1.43 bits per heavy atom. The second kappa shape index (κ2) is 6.55. The van der Waals surface area contributed by atoms with Crippen LogP contribution in [-0.4, -0.2) is 33.6 Å². The fourth-order valence-corrected chi connectivity index (χ4v) is 1.92. The summed E-state index contributed by atoms with van der Waals surface area (Å²) in [6.07, 6.45) is 0. The van der Waals surface area contributed by atoms with Gasteiger partial charge < -0.3 is 4.74 Å². The van der Waals surface area contributed by atoms with Crippen LogP contribution >= 0.6 is 0 Å². The lowest BCUT2D eigenvalue weighted by Gasteiger charge is -2.12. The minimum atomic E-state index is -1.94. The number of carbonyl (C=O) groups excluding carboxylic acids is 2. The number of nitrogens with zero attached hydrogens (tertiary/aromatic N) is 3. The molecule has 0 N–H and O–H groups in total. The molecule has 1 atom stereocenters. The molecule has 12 heteroatoms. The lowest BCUT2D eigenvalue weighted by Crippen LogP contribution is -2.23. The van der Waals surface area contributed by atoms with Crippen LogP contribution in [0, 0.1) is 30.3 Å². The average Bonchev–Trinajstić information content (AvgIpc) is 2.45. The first kappa shape index (κ1) is 17.6. The van der Waals surface area contributed by atoms with Crippen LogP contribution in [0.15, 0.2) is 12.1 Å². The van der Waals surface area contributed by atoms with Crippen molar-refractivity contribution in [1.82, 2.24) is 0 Å². The fourth-order valence-electron chi connectivity index (χ4n) is 1.92. The largest absolute Gasteiger partial charge is 0.468 e. The summed E-state index contributed by atoms with van der Waals surface area (Å²) in [6, 6.07) is 0.891. The van der Waals surface area contributed by atoms with Crippen molar-refractivity contribution in [2.45, 2.75) is 12.8 Å². The summed E-state index contributed by atoms with van der Waals surface area (Å²) in [5.41, 5.74) is -3.95. The first-order valence-corrected chi connectivity index (χ1v) is 5.81. The highest BCUT2D eigenvalue weighted by Gasteiger charge is 2.41. The van der Waals surface area contributed by atoms with Crippen LogP contribution in [0.5, 0.6) is 0 Å². The average molecular weight is 327 g/mol. The summed E-state index contributed by atoms with van der Waals surface area (Å²) in [4.78, 5) is 52.9. The molecule has 0 aromatic heterocycles. The van der Waals surface area contributed by atoms with E-state index < -0.39 is 55.1 Å². The van der Waals surface area contributed by atoms with Gasteiger partial charge in [-0.25, -0.2) is 0 Å². The maximum absolute atomic E-state index is 11.7. The minimum absolute atomic E-state index is 0.446. The van der Waals surface area contributed by atoms with E-state index in [1.165, 1.54) is 0 Å². The van der Waals surface area contributed by atoms with E-state index >= 15 is 0 Å². The van der Waals surface area contributed by atoms with Crippen LogP contribution in [-0.2, 0) is 14.3 Å². The second-order valence-electron chi connectivity index (χ2n) is 4.24. The van der Waals surface area contributed by atoms with Crippen LogP contribution < -0.4 is 0 Å². The molecule has 0 amide bonds.